The first kappa shape index (κ1) is 24.7. The van der Waals surface area contributed by atoms with Gasteiger partial charge in [0.15, 0.2) is 5.82 Å². The number of nitrogens with zero attached hydrogens (tertiary/aromatic N) is 2. The molecule has 0 spiro atoms. The SMILES string of the molecule is CC(=O)NC1(c2noc(CCC(=O)NCCc3ccccc3C(F)(F)F)n2)CCCCCC1. The fourth-order valence-corrected chi connectivity index (χ4v) is 4.28. The second-order valence-corrected chi connectivity index (χ2v) is 8.44. The molecule has 1 aromatic heterocycles. The van der Waals surface area contributed by atoms with E-state index in [1.54, 1.807) is 6.07 Å². The van der Waals surface area contributed by atoms with Crippen LogP contribution in [0.4, 0.5) is 13.2 Å². The van der Waals surface area contributed by atoms with Crippen molar-refractivity contribution in [1.82, 2.24) is 20.8 Å². The van der Waals surface area contributed by atoms with Crippen LogP contribution >= 0.6 is 0 Å². The first-order valence-electron chi connectivity index (χ1n) is 11.2. The van der Waals surface area contributed by atoms with Gasteiger partial charge in [-0.15, -0.1) is 0 Å². The summed E-state index contributed by atoms with van der Waals surface area (Å²) in [6.45, 7) is 1.55. The van der Waals surface area contributed by atoms with E-state index in [9.17, 15) is 22.8 Å². The Bertz CT molecular complexity index is 950. The highest BCUT2D eigenvalue weighted by molar-refractivity contribution is 5.76. The number of nitrogens with one attached hydrogen (secondary N) is 2. The van der Waals surface area contributed by atoms with Gasteiger partial charge in [0.1, 0.15) is 5.54 Å². The Morgan fingerprint density at radius 2 is 1.79 bits per heavy atom. The van der Waals surface area contributed by atoms with Crippen molar-refractivity contribution in [3.63, 3.8) is 0 Å². The number of carbonyl (C=O) groups is 2. The molecule has 1 aliphatic carbocycles. The van der Waals surface area contributed by atoms with Crippen molar-refractivity contribution >= 4 is 11.8 Å². The molecular formula is C23H29F3N4O3. The molecule has 2 aromatic rings. The maximum Gasteiger partial charge on any atom is 0.416 e. The molecule has 0 bridgehead atoms. The molecular weight excluding hydrogens is 437 g/mol. The molecule has 3 rings (SSSR count). The lowest BCUT2D eigenvalue weighted by atomic mass is 9.89. The molecule has 1 aliphatic rings. The molecule has 1 saturated carbocycles. The van der Waals surface area contributed by atoms with Crippen molar-refractivity contribution in [2.24, 2.45) is 0 Å². The van der Waals surface area contributed by atoms with E-state index in [1.165, 1.54) is 19.1 Å². The molecule has 7 nitrogen and oxygen atoms in total. The van der Waals surface area contributed by atoms with E-state index >= 15 is 0 Å². The summed E-state index contributed by atoms with van der Waals surface area (Å²) < 4.78 is 44.5. The summed E-state index contributed by atoms with van der Waals surface area (Å²) in [7, 11) is 0. The number of aromatic nitrogens is 2. The van der Waals surface area contributed by atoms with E-state index in [0.717, 1.165) is 44.6 Å². The fraction of sp³-hybridized carbons (Fsp3) is 0.565. The quantitative estimate of drug-likeness (QED) is 0.572. The normalized spacial score (nSPS) is 16.1. The van der Waals surface area contributed by atoms with E-state index in [0.29, 0.717) is 5.82 Å². The van der Waals surface area contributed by atoms with Gasteiger partial charge in [-0.25, -0.2) is 0 Å². The Morgan fingerprint density at radius 1 is 1.09 bits per heavy atom. The van der Waals surface area contributed by atoms with Crippen LogP contribution in [-0.4, -0.2) is 28.5 Å². The number of halogens is 3. The van der Waals surface area contributed by atoms with Crippen LogP contribution in [0, 0.1) is 0 Å². The van der Waals surface area contributed by atoms with Gasteiger partial charge in [-0.1, -0.05) is 49.0 Å². The van der Waals surface area contributed by atoms with Gasteiger partial charge >= 0.3 is 6.18 Å². The van der Waals surface area contributed by atoms with Crippen LogP contribution in [0.15, 0.2) is 28.8 Å². The van der Waals surface area contributed by atoms with E-state index < -0.39 is 17.3 Å². The minimum Gasteiger partial charge on any atom is -0.356 e. The highest BCUT2D eigenvalue weighted by Crippen LogP contribution is 2.35. The number of benzene rings is 1. The number of hydrogen-bond donors (Lipinski definition) is 2. The maximum absolute atomic E-state index is 13.1. The van der Waals surface area contributed by atoms with Gasteiger partial charge in [0, 0.05) is 26.3 Å². The average Bonchev–Trinajstić information content (AvgIpc) is 3.12. The van der Waals surface area contributed by atoms with Crippen molar-refractivity contribution in [1.29, 1.82) is 0 Å². The second-order valence-electron chi connectivity index (χ2n) is 8.44. The van der Waals surface area contributed by atoms with E-state index in [-0.39, 0.29) is 49.1 Å². The minimum atomic E-state index is -4.43. The Hall–Kier alpha value is -2.91. The summed E-state index contributed by atoms with van der Waals surface area (Å²) >= 11 is 0. The molecule has 1 aromatic carbocycles. The Labute approximate surface area is 190 Å². The zero-order valence-corrected chi connectivity index (χ0v) is 18.6. The van der Waals surface area contributed by atoms with Crippen LogP contribution in [0.1, 0.15) is 74.7 Å². The van der Waals surface area contributed by atoms with Gasteiger partial charge in [0.25, 0.3) is 0 Å². The van der Waals surface area contributed by atoms with Crippen molar-refractivity contribution in [3.8, 4) is 0 Å². The highest BCUT2D eigenvalue weighted by Gasteiger charge is 2.38. The first-order valence-corrected chi connectivity index (χ1v) is 11.2. The lowest BCUT2D eigenvalue weighted by Crippen LogP contribution is -2.45. The Morgan fingerprint density at radius 3 is 2.45 bits per heavy atom. The zero-order valence-electron chi connectivity index (χ0n) is 18.6. The van der Waals surface area contributed by atoms with Crippen molar-refractivity contribution < 1.29 is 27.3 Å². The van der Waals surface area contributed by atoms with Crippen LogP contribution in [-0.2, 0) is 34.1 Å². The monoisotopic (exact) mass is 466 g/mol. The molecule has 2 amide bonds. The molecule has 33 heavy (non-hydrogen) atoms. The van der Waals surface area contributed by atoms with Gasteiger partial charge in [0.05, 0.1) is 5.56 Å². The molecule has 0 saturated heterocycles. The number of alkyl halides is 3. The number of hydrogen-bond acceptors (Lipinski definition) is 5. The lowest BCUT2D eigenvalue weighted by molar-refractivity contribution is -0.138. The first-order chi connectivity index (χ1) is 15.7. The topological polar surface area (TPSA) is 97.1 Å². The summed E-state index contributed by atoms with van der Waals surface area (Å²) in [6.07, 6.45) is 1.43. The van der Waals surface area contributed by atoms with Gasteiger partial charge in [-0.05, 0) is 30.9 Å². The maximum atomic E-state index is 13.1. The van der Waals surface area contributed by atoms with Crippen molar-refractivity contribution in [3.05, 3.63) is 47.1 Å². The average molecular weight is 467 g/mol. The standard InChI is InChI=1S/C23H29F3N4O3/c1-16(31)29-22(13-6-2-3-7-14-22)21-28-20(33-30-21)11-10-19(32)27-15-12-17-8-4-5-9-18(17)23(24,25)26/h4-5,8-9H,2-3,6-7,10-15H2,1H3,(H,27,32)(H,29,31). The van der Waals surface area contributed by atoms with Gasteiger partial charge in [0.2, 0.25) is 17.7 Å². The van der Waals surface area contributed by atoms with Gasteiger partial charge < -0.3 is 15.2 Å². The fourth-order valence-electron chi connectivity index (χ4n) is 4.28. The van der Waals surface area contributed by atoms with Crippen LogP contribution < -0.4 is 10.6 Å². The molecule has 2 N–H and O–H groups in total. The number of carbonyl (C=O) groups excluding carboxylic acids is 2. The lowest BCUT2D eigenvalue weighted by Gasteiger charge is -2.30. The molecule has 10 heteroatoms. The summed E-state index contributed by atoms with van der Waals surface area (Å²) in [5.41, 5.74) is -1.21. The molecule has 0 radical (unpaired) electrons. The van der Waals surface area contributed by atoms with Gasteiger partial charge in [-0.2, -0.15) is 18.2 Å². The predicted octanol–water partition coefficient (Wildman–Crippen LogP) is 4.07. The zero-order chi connectivity index (χ0) is 23.9. The van der Waals surface area contributed by atoms with Crippen LogP contribution in [0.2, 0.25) is 0 Å². The summed E-state index contributed by atoms with van der Waals surface area (Å²) in [4.78, 5) is 28.4. The van der Waals surface area contributed by atoms with E-state index in [1.807, 2.05) is 0 Å². The smallest absolute Gasteiger partial charge is 0.356 e. The molecule has 0 aliphatic heterocycles. The third kappa shape index (κ3) is 6.79. The largest absolute Gasteiger partial charge is 0.416 e. The summed E-state index contributed by atoms with van der Waals surface area (Å²) in [6, 6.07) is 5.33. The molecule has 1 heterocycles. The van der Waals surface area contributed by atoms with E-state index in [2.05, 4.69) is 20.8 Å². The molecule has 0 atom stereocenters. The number of rotatable bonds is 8. The Kier molecular flexibility index (Phi) is 8.10. The third-order valence-electron chi connectivity index (χ3n) is 5.87. The summed E-state index contributed by atoms with van der Waals surface area (Å²) in [5, 5.41) is 9.72. The predicted molar refractivity (Wildman–Crippen MR) is 114 cm³/mol. The summed E-state index contributed by atoms with van der Waals surface area (Å²) in [5.74, 6) is 0.246. The van der Waals surface area contributed by atoms with Crippen LogP contribution in [0.3, 0.4) is 0 Å². The Balaban J connectivity index is 1.53. The minimum absolute atomic E-state index is 0.0652. The highest BCUT2D eigenvalue weighted by atomic mass is 19.4. The number of amides is 2. The van der Waals surface area contributed by atoms with Crippen molar-refractivity contribution in [2.45, 2.75) is 76.4 Å². The third-order valence-corrected chi connectivity index (χ3v) is 5.87. The molecule has 1 fully saturated rings. The van der Waals surface area contributed by atoms with Gasteiger partial charge in [-0.3, -0.25) is 9.59 Å². The second kappa shape index (κ2) is 10.8. The van der Waals surface area contributed by atoms with E-state index in [4.69, 9.17) is 4.52 Å². The van der Waals surface area contributed by atoms with Crippen LogP contribution in [0.5, 0.6) is 0 Å². The number of aryl methyl sites for hydroxylation is 1. The van der Waals surface area contributed by atoms with Crippen LogP contribution in [0.25, 0.3) is 0 Å². The van der Waals surface area contributed by atoms with Crippen molar-refractivity contribution in [2.75, 3.05) is 6.54 Å². The molecule has 180 valence electrons. The molecule has 0 unspecified atom stereocenters.